The van der Waals surface area contributed by atoms with Crippen LogP contribution in [0.4, 0.5) is 0 Å². The highest BCUT2D eigenvalue weighted by Crippen LogP contribution is 2.15. The van der Waals surface area contributed by atoms with Gasteiger partial charge in [-0.25, -0.2) is 15.0 Å². The number of hydrogen-bond donors (Lipinski definition) is 1. The molecule has 6 heteroatoms. The van der Waals surface area contributed by atoms with E-state index >= 15 is 0 Å². The molecule has 0 bridgehead atoms. The van der Waals surface area contributed by atoms with Crippen LogP contribution in [0.25, 0.3) is 11.5 Å². The van der Waals surface area contributed by atoms with Gasteiger partial charge < -0.3 is 4.98 Å². The summed E-state index contributed by atoms with van der Waals surface area (Å²) in [6, 6.07) is 0. The van der Waals surface area contributed by atoms with Crippen LogP contribution in [0.5, 0.6) is 0 Å². The molecule has 1 N–H and O–H groups in total. The zero-order valence-corrected chi connectivity index (χ0v) is 7.69. The molecule has 0 saturated carbocycles. The first-order chi connectivity index (χ1) is 6.81. The molecule has 2 aromatic heterocycles. The minimum atomic E-state index is 0.139. The van der Waals surface area contributed by atoms with Crippen molar-refractivity contribution in [1.82, 2.24) is 19.9 Å². The van der Waals surface area contributed by atoms with E-state index in [2.05, 4.69) is 19.9 Å². The second kappa shape index (κ2) is 3.55. The number of imidazole rings is 1. The van der Waals surface area contributed by atoms with Crippen LogP contribution < -0.4 is 0 Å². The molecule has 0 atom stereocenters. The van der Waals surface area contributed by atoms with Crippen LogP contribution in [0.1, 0.15) is 10.4 Å². The summed E-state index contributed by atoms with van der Waals surface area (Å²) < 4.78 is 0. The summed E-state index contributed by atoms with van der Waals surface area (Å²) in [7, 11) is 0. The Labute approximate surface area is 84.2 Å². The first-order valence-corrected chi connectivity index (χ1v) is 4.15. The third kappa shape index (κ3) is 1.49. The van der Waals surface area contributed by atoms with Crippen molar-refractivity contribution in [3.05, 3.63) is 29.4 Å². The van der Waals surface area contributed by atoms with Crippen LogP contribution in [-0.4, -0.2) is 26.2 Å². The average molecular weight is 209 g/mol. The number of H-pyrrole nitrogens is 1. The van der Waals surface area contributed by atoms with Crippen molar-refractivity contribution in [1.29, 1.82) is 0 Å². The van der Waals surface area contributed by atoms with E-state index in [0.717, 1.165) is 0 Å². The Kier molecular flexibility index (Phi) is 2.24. The monoisotopic (exact) mass is 208 g/mol. The lowest BCUT2D eigenvalue weighted by molar-refractivity contribution is 0.112. The minimum Gasteiger partial charge on any atom is -0.342 e. The van der Waals surface area contributed by atoms with Crippen molar-refractivity contribution >= 4 is 17.9 Å². The van der Waals surface area contributed by atoms with Crippen molar-refractivity contribution in [2.75, 3.05) is 0 Å². The standard InChI is InChI=1S/C8H5ClN4O/c9-7-5(3-14)1-11-8(13-7)6-2-10-4-12-6/h1-4H,(H,10,12). The summed E-state index contributed by atoms with van der Waals surface area (Å²) in [4.78, 5) is 25.0. The maximum Gasteiger partial charge on any atom is 0.179 e. The normalized spacial score (nSPS) is 10.1. The number of nitrogens with one attached hydrogen (secondary N) is 1. The van der Waals surface area contributed by atoms with Crippen molar-refractivity contribution in [2.24, 2.45) is 0 Å². The number of halogens is 1. The van der Waals surface area contributed by atoms with Crippen molar-refractivity contribution in [3.8, 4) is 11.5 Å². The van der Waals surface area contributed by atoms with Crippen LogP contribution >= 0.6 is 11.6 Å². The van der Waals surface area contributed by atoms with Crippen LogP contribution in [0.15, 0.2) is 18.7 Å². The molecule has 0 saturated heterocycles. The van der Waals surface area contributed by atoms with Crippen molar-refractivity contribution in [3.63, 3.8) is 0 Å². The Morgan fingerprint density at radius 1 is 1.43 bits per heavy atom. The number of aldehydes is 1. The first kappa shape index (κ1) is 8.83. The topological polar surface area (TPSA) is 71.5 Å². The average Bonchev–Trinajstić information content (AvgIpc) is 2.70. The Balaban J connectivity index is 2.48. The molecule has 5 nitrogen and oxygen atoms in total. The molecule has 0 aromatic carbocycles. The molecule has 2 aromatic rings. The molecule has 0 spiro atoms. The number of carbonyl (C=O) groups excluding carboxylic acids is 1. The van der Waals surface area contributed by atoms with E-state index in [1.165, 1.54) is 12.5 Å². The minimum absolute atomic E-state index is 0.139. The van der Waals surface area contributed by atoms with Crippen LogP contribution in [0.2, 0.25) is 5.15 Å². The van der Waals surface area contributed by atoms with Gasteiger partial charge in [-0.1, -0.05) is 11.6 Å². The molecule has 0 amide bonds. The summed E-state index contributed by atoms with van der Waals surface area (Å²) in [5.41, 5.74) is 0.930. The number of aromatic nitrogens is 4. The number of nitrogens with zero attached hydrogens (tertiary/aromatic N) is 3. The molecule has 70 valence electrons. The van der Waals surface area contributed by atoms with Gasteiger partial charge in [0.2, 0.25) is 0 Å². The van der Waals surface area contributed by atoms with Crippen LogP contribution in [0.3, 0.4) is 0 Å². The van der Waals surface area contributed by atoms with E-state index in [0.29, 0.717) is 17.8 Å². The first-order valence-electron chi connectivity index (χ1n) is 3.77. The molecule has 0 fully saturated rings. The van der Waals surface area contributed by atoms with E-state index in [9.17, 15) is 4.79 Å². The van der Waals surface area contributed by atoms with Gasteiger partial charge in [-0.3, -0.25) is 4.79 Å². The molecular formula is C8H5ClN4O. The van der Waals surface area contributed by atoms with Gasteiger partial charge >= 0.3 is 0 Å². The number of hydrogen-bond acceptors (Lipinski definition) is 4. The Morgan fingerprint density at radius 3 is 2.86 bits per heavy atom. The molecule has 2 rings (SSSR count). The van der Waals surface area contributed by atoms with Gasteiger partial charge in [0, 0.05) is 6.20 Å². The quantitative estimate of drug-likeness (QED) is 0.597. The Hall–Kier alpha value is -1.75. The van der Waals surface area contributed by atoms with Gasteiger partial charge in [0.05, 0.1) is 18.1 Å². The fourth-order valence-electron chi connectivity index (χ4n) is 0.957. The summed E-state index contributed by atoms with van der Waals surface area (Å²) in [5.74, 6) is 0.415. The molecular weight excluding hydrogens is 204 g/mol. The highest BCUT2D eigenvalue weighted by Gasteiger charge is 2.06. The Bertz CT molecular complexity index is 454. The lowest BCUT2D eigenvalue weighted by Gasteiger charge is -1.97. The third-order valence-corrected chi connectivity index (χ3v) is 1.94. The largest absolute Gasteiger partial charge is 0.342 e. The fraction of sp³-hybridized carbons (Fsp3) is 0. The van der Waals surface area contributed by atoms with Gasteiger partial charge in [-0.2, -0.15) is 0 Å². The van der Waals surface area contributed by atoms with E-state index < -0.39 is 0 Å². The van der Waals surface area contributed by atoms with Gasteiger partial charge in [0.1, 0.15) is 10.8 Å². The SMILES string of the molecule is O=Cc1cnc(-c2cnc[nH]2)nc1Cl. The maximum absolute atomic E-state index is 10.4. The predicted molar refractivity (Wildman–Crippen MR) is 50.0 cm³/mol. The van der Waals surface area contributed by atoms with Crippen molar-refractivity contribution in [2.45, 2.75) is 0 Å². The van der Waals surface area contributed by atoms with Crippen LogP contribution in [-0.2, 0) is 0 Å². The number of rotatable bonds is 2. The molecule has 14 heavy (non-hydrogen) atoms. The Morgan fingerprint density at radius 2 is 2.29 bits per heavy atom. The predicted octanol–water partition coefficient (Wildman–Crippen LogP) is 1.33. The molecule has 0 unspecified atom stereocenters. The summed E-state index contributed by atoms with van der Waals surface area (Å²) in [5, 5.41) is 0.139. The second-order valence-electron chi connectivity index (χ2n) is 2.52. The highest BCUT2D eigenvalue weighted by molar-refractivity contribution is 6.31. The summed E-state index contributed by atoms with van der Waals surface area (Å²) >= 11 is 5.73. The van der Waals surface area contributed by atoms with Gasteiger partial charge in [-0.05, 0) is 0 Å². The second-order valence-corrected chi connectivity index (χ2v) is 2.88. The van der Waals surface area contributed by atoms with E-state index in [-0.39, 0.29) is 10.7 Å². The van der Waals surface area contributed by atoms with E-state index in [4.69, 9.17) is 11.6 Å². The molecule has 0 aliphatic rings. The number of carbonyl (C=O) groups is 1. The van der Waals surface area contributed by atoms with Crippen molar-refractivity contribution < 1.29 is 4.79 Å². The van der Waals surface area contributed by atoms with E-state index in [1.807, 2.05) is 0 Å². The fourth-order valence-corrected chi connectivity index (χ4v) is 1.13. The van der Waals surface area contributed by atoms with Gasteiger partial charge in [0.25, 0.3) is 0 Å². The van der Waals surface area contributed by atoms with E-state index in [1.54, 1.807) is 6.20 Å². The summed E-state index contributed by atoms with van der Waals surface area (Å²) in [6.45, 7) is 0. The zero-order valence-electron chi connectivity index (χ0n) is 6.94. The number of aromatic amines is 1. The zero-order chi connectivity index (χ0) is 9.97. The molecule has 2 heterocycles. The summed E-state index contributed by atoms with van der Waals surface area (Å²) in [6.07, 6.45) is 5.07. The third-order valence-electron chi connectivity index (χ3n) is 1.63. The van der Waals surface area contributed by atoms with Gasteiger partial charge in [0.15, 0.2) is 12.1 Å². The molecule has 0 aliphatic heterocycles. The van der Waals surface area contributed by atoms with Gasteiger partial charge in [-0.15, -0.1) is 0 Å². The molecule has 0 aliphatic carbocycles. The maximum atomic E-state index is 10.4. The molecule has 0 radical (unpaired) electrons. The highest BCUT2D eigenvalue weighted by atomic mass is 35.5. The van der Waals surface area contributed by atoms with Crippen LogP contribution in [0, 0.1) is 0 Å². The smallest absolute Gasteiger partial charge is 0.179 e. The lowest BCUT2D eigenvalue weighted by atomic mass is 10.3. The lowest BCUT2D eigenvalue weighted by Crippen LogP contribution is -1.93.